The summed E-state index contributed by atoms with van der Waals surface area (Å²) >= 11 is 7.28. The summed E-state index contributed by atoms with van der Waals surface area (Å²) in [4.78, 5) is 12.3. The Labute approximate surface area is 206 Å². The summed E-state index contributed by atoms with van der Waals surface area (Å²) in [5.41, 5.74) is 4.27. The molecule has 9 heteroatoms. The van der Waals surface area contributed by atoms with Crippen molar-refractivity contribution in [3.8, 4) is 22.9 Å². The van der Waals surface area contributed by atoms with Crippen LogP contribution in [0.15, 0.2) is 89.1 Å². The standard InChI is InChI=1S/C25H22ClN5O2S/c1-2-31-24(19-11-13-20(26)14-12-19)29-30-25(31)34-17-23(32)28-27-16-18-7-6-10-22(15-18)33-21-8-4-3-5-9-21/h3-16H,2,17H2,1H3,(H,28,32)/b27-16+. The summed E-state index contributed by atoms with van der Waals surface area (Å²) in [6.07, 6.45) is 1.58. The number of nitrogens with one attached hydrogen (secondary N) is 1. The molecule has 4 rings (SSSR count). The smallest absolute Gasteiger partial charge is 0.250 e. The Kier molecular flexibility index (Phi) is 7.95. The first-order chi connectivity index (χ1) is 16.6. The number of halogens is 1. The third kappa shape index (κ3) is 6.24. The van der Waals surface area contributed by atoms with Gasteiger partial charge in [-0.15, -0.1) is 10.2 Å². The highest BCUT2D eigenvalue weighted by atomic mass is 35.5. The van der Waals surface area contributed by atoms with Gasteiger partial charge in [0.05, 0.1) is 12.0 Å². The monoisotopic (exact) mass is 491 g/mol. The minimum absolute atomic E-state index is 0.160. The molecule has 1 N–H and O–H groups in total. The second-order valence-corrected chi connectivity index (χ2v) is 8.51. The number of benzene rings is 3. The van der Waals surface area contributed by atoms with E-state index in [9.17, 15) is 4.79 Å². The van der Waals surface area contributed by atoms with Crippen LogP contribution in [0.1, 0.15) is 12.5 Å². The quantitative estimate of drug-likeness (QED) is 0.186. The SMILES string of the molecule is CCn1c(SCC(=O)N/N=C/c2cccc(Oc3ccccc3)c2)nnc1-c1ccc(Cl)cc1. The normalized spacial score (nSPS) is 11.0. The van der Waals surface area contributed by atoms with Gasteiger partial charge in [-0.3, -0.25) is 4.79 Å². The fourth-order valence-electron chi connectivity index (χ4n) is 3.12. The molecule has 7 nitrogen and oxygen atoms in total. The molecule has 0 spiro atoms. The largest absolute Gasteiger partial charge is 0.457 e. The highest BCUT2D eigenvalue weighted by Gasteiger charge is 2.14. The fraction of sp³-hybridized carbons (Fsp3) is 0.120. The van der Waals surface area contributed by atoms with Crippen molar-refractivity contribution < 1.29 is 9.53 Å². The molecule has 0 fully saturated rings. The van der Waals surface area contributed by atoms with Crippen molar-refractivity contribution in [1.82, 2.24) is 20.2 Å². The lowest BCUT2D eigenvalue weighted by molar-refractivity contribution is -0.118. The van der Waals surface area contributed by atoms with Crippen molar-refractivity contribution >= 4 is 35.5 Å². The average Bonchev–Trinajstić information content (AvgIpc) is 3.27. The Hall–Kier alpha value is -3.62. The zero-order chi connectivity index (χ0) is 23.8. The van der Waals surface area contributed by atoms with E-state index in [0.717, 1.165) is 22.7 Å². The summed E-state index contributed by atoms with van der Waals surface area (Å²) in [5, 5.41) is 13.9. The Morgan fingerprint density at radius 2 is 1.82 bits per heavy atom. The van der Waals surface area contributed by atoms with E-state index in [-0.39, 0.29) is 11.7 Å². The molecule has 0 saturated carbocycles. The Morgan fingerprint density at radius 3 is 2.59 bits per heavy atom. The predicted octanol–water partition coefficient (Wildman–Crippen LogP) is 5.65. The molecule has 3 aromatic carbocycles. The van der Waals surface area contributed by atoms with Crippen LogP contribution in [0.4, 0.5) is 0 Å². The molecule has 0 atom stereocenters. The third-order valence-electron chi connectivity index (χ3n) is 4.71. The molecule has 34 heavy (non-hydrogen) atoms. The average molecular weight is 492 g/mol. The number of aromatic nitrogens is 3. The van der Waals surface area contributed by atoms with Crippen LogP contribution in [0.2, 0.25) is 5.02 Å². The van der Waals surface area contributed by atoms with Gasteiger partial charge in [0.2, 0.25) is 0 Å². The van der Waals surface area contributed by atoms with Gasteiger partial charge in [0.15, 0.2) is 11.0 Å². The third-order valence-corrected chi connectivity index (χ3v) is 5.93. The van der Waals surface area contributed by atoms with E-state index in [0.29, 0.717) is 22.5 Å². The van der Waals surface area contributed by atoms with Crippen molar-refractivity contribution in [1.29, 1.82) is 0 Å². The molecular formula is C25H22ClN5O2S. The van der Waals surface area contributed by atoms with Crippen LogP contribution >= 0.6 is 23.4 Å². The fourth-order valence-corrected chi connectivity index (χ4v) is 4.04. The van der Waals surface area contributed by atoms with Gasteiger partial charge in [-0.25, -0.2) is 5.43 Å². The molecule has 0 unspecified atom stereocenters. The first kappa shape index (κ1) is 23.5. The highest BCUT2D eigenvalue weighted by Crippen LogP contribution is 2.25. The number of hydrogen-bond acceptors (Lipinski definition) is 6. The summed E-state index contributed by atoms with van der Waals surface area (Å²) in [7, 11) is 0. The number of ether oxygens (including phenoxy) is 1. The lowest BCUT2D eigenvalue weighted by Gasteiger charge is -2.07. The van der Waals surface area contributed by atoms with E-state index in [2.05, 4.69) is 20.7 Å². The van der Waals surface area contributed by atoms with Gasteiger partial charge < -0.3 is 9.30 Å². The van der Waals surface area contributed by atoms with Crippen LogP contribution in [-0.2, 0) is 11.3 Å². The Morgan fingerprint density at radius 1 is 1.06 bits per heavy atom. The molecule has 4 aromatic rings. The highest BCUT2D eigenvalue weighted by molar-refractivity contribution is 7.99. The van der Waals surface area contributed by atoms with E-state index in [1.54, 1.807) is 6.21 Å². The number of para-hydroxylation sites is 1. The Balaban J connectivity index is 1.32. The number of hydrazone groups is 1. The molecule has 0 bridgehead atoms. The summed E-state index contributed by atoms with van der Waals surface area (Å²) < 4.78 is 7.78. The summed E-state index contributed by atoms with van der Waals surface area (Å²) in [6, 6.07) is 24.4. The first-order valence-electron chi connectivity index (χ1n) is 10.6. The molecule has 0 aliphatic carbocycles. The molecule has 0 saturated heterocycles. The topological polar surface area (TPSA) is 81.4 Å². The van der Waals surface area contributed by atoms with Crippen molar-refractivity contribution in [3.63, 3.8) is 0 Å². The summed E-state index contributed by atoms with van der Waals surface area (Å²) in [6.45, 7) is 2.68. The molecule has 1 aromatic heterocycles. The van der Waals surface area contributed by atoms with Gasteiger partial charge >= 0.3 is 0 Å². The van der Waals surface area contributed by atoms with Crippen LogP contribution in [0, 0.1) is 0 Å². The predicted molar refractivity (Wildman–Crippen MR) is 136 cm³/mol. The zero-order valence-corrected chi connectivity index (χ0v) is 20.0. The second-order valence-electron chi connectivity index (χ2n) is 7.13. The van der Waals surface area contributed by atoms with Crippen molar-refractivity contribution in [2.45, 2.75) is 18.6 Å². The first-order valence-corrected chi connectivity index (χ1v) is 12.0. The number of hydrogen-bond donors (Lipinski definition) is 1. The van der Waals surface area contributed by atoms with Crippen molar-refractivity contribution in [2.24, 2.45) is 5.10 Å². The van der Waals surface area contributed by atoms with E-state index in [1.165, 1.54) is 11.8 Å². The molecule has 0 aliphatic rings. The molecule has 0 aliphatic heterocycles. The lowest BCUT2D eigenvalue weighted by Crippen LogP contribution is -2.20. The minimum atomic E-state index is -0.239. The number of carbonyl (C=O) groups is 1. The molecule has 172 valence electrons. The number of amides is 1. The van der Waals surface area contributed by atoms with Gasteiger partial charge in [-0.2, -0.15) is 5.10 Å². The molecule has 0 radical (unpaired) electrons. The number of nitrogens with zero attached hydrogens (tertiary/aromatic N) is 4. The van der Waals surface area contributed by atoms with E-state index >= 15 is 0 Å². The van der Waals surface area contributed by atoms with Gasteiger partial charge in [0.1, 0.15) is 11.5 Å². The van der Waals surface area contributed by atoms with Crippen molar-refractivity contribution in [2.75, 3.05) is 5.75 Å². The van der Waals surface area contributed by atoms with Gasteiger partial charge in [-0.05, 0) is 61.0 Å². The maximum absolute atomic E-state index is 12.3. The van der Waals surface area contributed by atoms with Crippen LogP contribution < -0.4 is 10.2 Å². The Bertz CT molecular complexity index is 1280. The van der Waals surface area contributed by atoms with E-state index in [4.69, 9.17) is 16.3 Å². The number of thioether (sulfide) groups is 1. The van der Waals surface area contributed by atoms with E-state index < -0.39 is 0 Å². The molecule has 1 heterocycles. The molecule has 1 amide bonds. The van der Waals surface area contributed by atoms with Crippen molar-refractivity contribution in [3.05, 3.63) is 89.4 Å². The minimum Gasteiger partial charge on any atom is -0.457 e. The number of rotatable bonds is 9. The van der Waals surface area contributed by atoms with Gasteiger partial charge in [0.25, 0.3) is 5.91 Å². The van der Waals surface area contributed by atoms with E-state index in [1.807, 2.05) is 90.4 Å². The maximum atomic E-state index is 12.3. The molecular weight excluding hydrogens is 470 g/mol. The van der Waals surface area contributed by atoms with Crippen LogP contribution in [-0.4, -0.2) is 32.6 Å². The maximum Gasteiger partial charge on any atom is 0.250 e. The van der Waals surface area contributed by atoms with Crippen LogP contribution in [0.25, 0.3) is 11.4 Å². The number of carbonyl (C=O) groups excluding carboxylic acids is 1. The lowest BCUT2D eigenvalue weighted by atomic mass is 10.2. The van der Waals surface area contributed by atoms with Crippen LogP contribution in [0.3, 0.4) is 0 Å². The summed E-state index contributed by atoms with van der Waals surface area (Å²) in [5.74, 6) is 2.09. The van der Waals surface area contributed by atoms with Crippen LogP contribution in [0.5, 0.6) is 11.5 Å². The second kappa shape index (κ2) is 11.5. The van der Waals surface area contributed by atoms with Gasteiger partial charge in [-0.1, -0.05) is 53.7 Å². The zero-order valence-electron chi connectivity index (χ0n) is 18.4. The van der Waals surface area contributed by atoms with Gasteiger partial charge in [0, 0.05) is 17.1 Å².